The Bertz CT molecular complexity index is 295. The van der Waals surface area contributed by atoms with Gasteiger partial charge in [-0.05, 0) is 51.5 Å². The summed E-state index contributed by atoms with van der Waals surface area (Å²) in [6.45, 7) is 12.5. The van der Waals surface area contributed by atoms with Gasteiger partial charge in [-0.1, -0.05) is 20.3 Å². The van der Waals surface area contributed by atoms with Gasteiger partial charge in [0, 0.05) is 25.2 Å². The molecule has 2 fully saturated rings. The Hall–Kier alpha value is -0.120. The first-order chi connectivity index (χ1) is 9.52. The summed E-state index contributed by atoms with van der Waals surface area (Å²) in [7, 11) is 2.12. The normalized spacial score (nSPS) is 38.1. The fourth-order valence-corrected chi connectivity index (χ4v) is 4.02. The van der Waals surface area contributed by atoms with Gasteiger partial charge in [-0.2, -0.15) is 0 Å². The predicted molar refractivity (Wildman–Crippen MR) is 85.0 cm³/mol. The maximum absolute atomic E-state index is 6.12. The third-order valence-electron chi connectivity index (χ3n) is 5.74. The van der Waals surface area contributed by atoms with Crippen LogP contribution in [0.3, 0.4) is 0 Å². The van der Waals surface area contributed by atoms with Crippen molar-refractivity contribution in [2.45, 2.75) is 65.1 Å². The fourth-order valence-electron chi connectivity index (χ4n) is 4.02. The van der Waals surface area contributed by atoms with Crippen molar-refractivity contribution in [1.82, 2.24) is 10.2 Å². The van der Waals surface area contributed by atoms with E-state index < -0.39 is 0 Å². The lowest BCUT2D eigenvalue weighted by Gasteiger charge is -2.44. The van der Waals surface area contributed by atoms with Gasteiger partial charge < -0.3 is 10.1 Å². The van der Waals surface area contributed by atoms with Crippen molar-refractivity contribution in [2.75, 3.05) is 26.7 Å². The van der Waals surface area contributed by atoms with Crippen molar-refractivity contribution in [3.8, 4) is 0 Å². The minimum Gasteiger partial charge on any atom is -0.374 e. The quantitative estimate of drug-likeness (QED) is 0.858. The van der Waals surface area contributed by atoms with E-state index in [4.69, 9.17) is 4.74 Å². The number of hydrogen-bond donors (Lipinski definition) is 1. The van der Waals surface area contributed by atoms with Crippen molar-refractivity contribution in [2.24, 2.45) is 17.8 Å². The molecule has 20 heavy (non-hydrogen) atoms. The van der Waals surface area contributed by atoms with Crippen LogP contribution in [-0.4, -0.2) is 49.8 Å². The smallest absolute Gasteiger partial charge is 0.0857 e. The van der Waals surface area contributed by atoms with Gasteiger partial charge in [-0.15, -0.1) is 0 Å². The van der Waals surface area contributed by atoms with Crippen LogP contribution < -0.4 is 5.32 Å². The summed E-state index contributed by atoms with van der Waals surface area (Å²) in [5.74, 6) is 2.53. The number of hydrogen-bond acceptors (Lipinski definition) is 3. The summed E-state index contributed by atoms with van der Waals surface area (Å²) < 4.78 is 6.12. The van der Waals surface area contributed by atoms with Gasteiger partial charge in [0.05, 0.1) is 12.7 Å². The summed E-state index contributed by atoms with van der Waals surface area (Å²) in [6.07, 6.45) is 4.46. The molecule has 2 rings (SSSR count). The monoisotopic (exact) mass is 282 g/mol. The van der Waals surface area contributed by atoms with Crippen molar-refractivity contribution >= 4 is 0 Å². The molecule has 0 radical (unpaired) electrons. The number of nitrogens with zero attached hydrogens (tertiary/aromatic N) is 1. The Morgan fingerprint density at radius 2 is 1.90 bits per heavy atom. The zero-order valence-corrected chi connectivity index (χ0v) is 14.1. The molecule has 0 bridgehead atoms. The second-order valence-electron chi connectivity index (χ2n) is 7.34. The van der Waals surface area contributed by atoms with E-state index in [1.165, 1.54) is 19.3 Å². The van der Waals surface area contributed by atoms with Crippen LogP contribution >= 0.6 is 0 Å². The minimum atomic E-state index is 0.363. The number of rotatable bonds is 4. The average molecular weight is 282 g/mol. The van der Waals surface area contributed by atoms with Crippen LogP contribution in [0.4, 0.5) is 0 Å². The summed E-state index contributed by atoms with van der Waals surface area (Å²) in [6, 6.07) is 1.15. The van der Waals surface area contributed by atoms with E-state index in [9.17, 15) is 0 Å². The lowest BCUT2D eigenvalue weighted by atomic mass is 9.72. The highest BCUT2D eigenvalue weighted by molar-refractivity contribution is 4.91. The Balaban J connectivity index is 1.97. The van der Waals surface area contributed by atoms with Crippen molar-refractivity contribution < 1.29 is 4.74 Å². The van der Waals surface area contributed by atoms with Gasteiger partial charge in [-0.3, -0.25) is 4.90 Å². The molecule has 118 valence electrons. The van der Waals surface area contributed by atoms with Crippen molar-refractivity contribution in [1.29, 1.82) is 0 Å². The van der Waals surface area contributed by atoms with Gasteiger partial charge in [0.25, 0.3) is 0 Å². The molecule has 0 aromatic rings. The highest BCUT2D eigenvalue weighted by Crippen LogP contribution is 2.36. The van der Waals surface area contributed by atoms with Crippen LogP contribution in [0, 0.1) is 17.8 Å². The topological polar surface area (TPSA) is 24.5 Å². The molecule has 2 aliphatic rings. The molecule has 3 nitrogen and oxygen atoms in total. The Morgan fingerprint density at radius 1 is 1.15 bits per heavy atom. The van der Waals surface area contributed by atoms with Crippen molar-refractivity contribution in [3.05, 3.63) is 0 Å². The maximum Gasteiger partial charge on any atom is 0.0857 e. The Labute approximate surface area is 125 Å². The molecule has 0 spiro atoms. The Kier molecular flexibility index (Phi) is 5.88. The SMILES string of the molecule is CNC(C1CCC(C)C(C)C1)C1CN(C(C)C)CCO1. The molecular formula is C17H34N2O. The van der Waals surface area contributed by atoms with Crippen LogP contribution in [0.5, 0.6) is 0 Å². The minimum absolute atomic E-state index is 0.363. The van der Waals surface area contributed by atoms with E-state index in [0.717, 1.165) is 37.5 Å². The van der Waals surface area contributed by atoms with E-state index in [-0.39, 0.29) is 0 Å². The molecule has 3 heteroatoms. The van der Waals surface area contributed by atoms with Gasteiger partial charge in [0.15, 0.2) is 0 Å². The van der Waals surface area contributed by atoms with E-state index >= 15 is 0 Å². The summed E-state index contributed by atoms with van der Waals surface area (Å²) in [5.41, 5.74) is 0. The van der Waals surface area contributed by atoms with Gasteiger partial charge in [-0.25, -0.2) is 0 Å². The molecule has 1 heterocycles. The van der Waals surface area contributed by atoms with E-state index in [1.807, 2.05) is 0 Å². The lowest BCUT2D eigenvalue weighted by Crippen LogP contribution is -2.56. The fraction of sp³-hybridized carbons (Fsp3) is 1.00. The number of nitrogens with one attached hydrogen (secondary N) is 1. The first-order valence-electron chi connectivity index (χ1n) is 8.55. The lowest BCUT2D eigenvalue weighted by molar-refractivity contribution is -0.0687. The van der Waals surface area contributed by atoms with Crippen LogP contribution in [0.1, 0.15) is 47.0 Å². The number of likely N-dealkylation sites (N-methyl/N-ethyl adjacent to an activating group) is 1. The molecule has 1 saturated carbocycles. The van der Waals surface area contributed by atoms with Gasteiger partial charge >= 0.3 is 0 Å². The highest BCUT2D eigenvalue weighted by Gasteiger charge is 2.36. The molecule has 0 aromatic heterocycles. The largest absolute Gasteiger partial charge is 0.374 e. The van der Waals surface area contributed by atoms with Crippen LogP contribution in [0.2, 0.25) is 0 Å². The second kappa shape index (κ2) is 7.24. The maximum atomic E-state index is 6.12. The first-order valence-corrected chi connectivity index (χ1v) is 8.55. The highest BCUT2D eigenvalue weighted by atomic mass is 16.5. The summed E-state index contributed by atoms with van der Waals surface area (Å²) >= 11 is 0. The zero-order chi connectivity index (χ0) is 14.7. The molecular weight excluding hydrogens is 248 g/mol. The standard InChI is InChI=1S/C17H34N2O/c1-12(2)19-8-9-20-16(11-19)17(18-5)15-7-6-13(3)14(4)10-15/h12-18H,6-11H2,1-5H3. The van der Waals surface area contributed by atoms with E-state index in [2.05, 4.69) is 45.0 Å². The first kappa shape index (κ1) is 16.3. The number of ether oxygens (including phenoxy) is 1. The van der Waals surface area contributed by atoms with E-state index in [1.54, 1.807) is 0 Å². The molecule has 0 amide bonds. The van der Waals surface area contributed by atoms with Gasteiger partial charge in [0.2, 0.25) is 0 Å². The Morgan fingerprint density at radius 3 is 2.50 bits per heavy atom. The molecule has 1 saturated heterocycles. The summed E-state index contributed by atoms with van der Waals surface area (Å²) in [4.78, 5) is 2.56. The molecule has 5 atom stereocenters. The van der Waals surface area contributed by atoms with Crippen molar-refractivity contribution in [3.63, 3.8) is 0 Å². The number of morpholine rings is 1. The molecule has 1 N–H and O–H groups in total. The molecule has 1 aliphatic heterocycles. The third-order valence-corrected chi connectivity index (χ3v) is 5.74. The summed E-state index contributed by atoms with van der Waals surface area (Å²) in [5, 5.41) is 3.58. The van der Waals surface area contributed by atoms with Crippen LogP contribution in [0.25, 0.3) is 0 Å². The predicted octanol–water partition coefficient (Wildman–Crippen LogP) is 2.76. The van der Waals surface area contributed by atoms with Crippen LogP contribution in [0.15, 0.2) is 0 Å². The van der Waals surface area contributed by atoms with Gasteiger partial charge in [0.1, 0.15) is 0 Å². The third kappa shape index (κ3) is 3.75. The van der Waals surface area contributed by atoms with Crippen LogP contribution in [-0.2, 0) is 4.74 Å². The zero-order valence-electron chi connectivity index (χ0n) is 14.1. The molecule has 0 aromatic carbocycles. The molecule has 1 aliphatic carbocycles. The second-order valence-corrected chi connectivity index (χ2v) is 7.34. The molecule has 5 unspecified atom stereocenters. The van der Waals surface area contributed by atoms with E-state index in [0.29, 0.717) is 18.2 Å². The average Bonchev–Trinajstić information content (AvgIpc) is 2.44.